The number of nitrogens with one attached hydrogen (secondary N) is 1. The van der Waals surface area contributed by atoms with Crippen molar-refractivity contribution in [3.8, 4) is 0 Å². The van der Waals surface area contributed by atoms with E-state index in [2.05, 4.69) is 31.8 Å². The molecule has 1 nitrogen and oxygen atoms in total. The van der Waals surface area contributed by atoms with Crippen LogP contribution in [0.25, 0.3) is 10.1 Å². The van der Waals surface area contributed by atoms with Gasteiger partial charge in [-0.2, -0.15) is 0 Å². The Balaban J connectivity index is 2.22. The van der Waals surface area contributed by atoms with Crippen LogP contribution in [0, 0.1) is 5.82 Å². The summed E-state index contributed by atoms with van der Waals surface area (Å²) in [4.78, 5) is 1.29. The van der Waals surface area contributed by atoms with Crippen LogP contribution in [0.3, 0.4) is 0 Å². The molecule has 0 aliphatic carbocycles. The normalized spacial score (nSPS) is 12.8. The molecule has 2 aromatic rings. The molecule has 0 amide bonds. The van der Waals surface area contributed by atoms with Crippen molar-refractivity contribution in [3.05, 3.63) is 47.1 Å². The molecule has 20 heavy (non-hydrogen) atoms. The first-order valence-corrected chi connectivity index (χ1v) is 7.98. The van der Waals surface area contributed by atoms with Crippen LogP contribution in [0.4, 0.5) is 4.39 Å². The molecular weight excluding hydrogens is 269 g/mol. The summed E-state index contributed by atoms with van der Waals surface area (Å²) in [6.07, 6.45) is 3.18. The van der Waals surface area contributed by atoms with Gasteiger partial charge in [-0.15, -0.1) is 17.9 Å². The quantitative estimate of drug-likeness (QED) is 0.670. The van der Waals surface area contributed by atoms with Crippen LogP contribution in [-0.4, -0.2) is 6.54 Å². The molecule has 0 saturated carbocycles. The van der Waals surface area contributed by atoms with Gasteiger partial charge in [-0.05, 0) is 62.4 Å². The number of hydrogen-bond donors (Lipinski definition) is 1. The molecule has 0 saturated heterocycles. The fraction of sp³-hybridized carbons (Fsp3) is 0.412. The maximum absolute atomic E-state index is 13.3. The molecule has 3 heteroatoms. The molecule has 0 aliphatic rings. The van der Waals surface area contributed by atoms with Gasteiger partial charge in [0.2, 0.25) is 0 Å². The molecular formula is C17H22FNS. The summed E-state index contributed by atoms with van der Waals surface area (Å²) in [5, 5.41) is 4.60. The standard InChI is InChI=1S/C17H22FNS/c1-4-9-19-15(7-5-12(2)3)17-11-13-10-14(18)6-8-16(13)20-17/h6,8,10-11,15,19H,2,4-5,7,9H2,1,3H3. The van der Waals surface area contributed by atoms with Gasteiger partial charge in [0.1, 0.15) is 5.82 Å². The van der Waals surface area contributed by atoms with Crippen LogP contribution >= 0.6 is 11.3 Å². The highest BCUT2D eigenvalue weighted by Gasteiger charge is 2.14. The molecule has 1 heterocycles. The lowest BCUT2D eigenvalue weighted by molar-refractivity contribution is 0.506. The van der Waals surface area contributed by atoms with Crippen molar-refractivity contribution < 1.29 is 4.39 Å². The second-order valence-corrected chi connectivity index (χ2v) is 6.45. The molecule has 2 rings (SSSR count). The van der Waals surface area contributed by atoms with Gasteiger partial charge < -0.3 is 5.32 Å². The van der Waals surface area contributed by atoms with Gasteiger partial charge in [0.05, 0.1) is 0 Å². The minimum Gasteiger partial charge on any atom is -0.309 e. The van der Waals surface area contributed by atoms with Crippen molar-refractivity contribution >= 4 is 21.4 Å². The average molecular weight is 291 g/mol. The third-order valence-electron chi connectivity index (χ3n) is 3.34. The molecule has 108 valence electrons. The zero-order valence-corrected chi connectivity index (χ0v) is 13.0. The van der Waals surface area contributed by atoms with Crippen molar-refractivity contribution in [1.29, 1.82) is 0 Å². The van der Waals surface area contributed by atoms with Crippen molar-refractivity contribution in [1.82, 2.24) is 5.32 Å². The Bertz CT molecular complexity index is 588. The van der Waals surface area contributed by atoms with Gasteiger partial charge in [0, 0.05) is 15.6 Å². The minimum absolute atomic E-state index is 0.165. The van der Waals surface area contributed by atoms with Gasteiger partial charge in [-0.1, -0.05) is 12.5 Å². The molecule has 0 radical (unpaired) electrons. The number of hydrogen-bond acceptors (Lipinski definition) is 2. The van der Waals surface area contributed by atoms with Gasteiger partial charge in [-0.3, -0.25) is 0 Å². The van der Waals surface area contributed by atoms with Crippen LogP contribution in [0.5, 0.6) is 0 Å². The van der Waals surface area contributed by atoms with Crippen molar-refractivity contribution in [2.75, 3.05) is 6.54 Å². The molecule has 1 aromatic carbocycles. The SMILES string of the molecule is C=C(C)CCC(NCCC)c1cc2cc(F)ccc2s1. The highest BCUT2D eigenvalue weighted by atomic mass is 32.1. The lowest BCUT2D eigenvalue weighted by Crippen LogP contribution is -2.21. The summed E-state index contributed by atoms with van der Waals surface area (Å²) in [5.74, 6) is -0.165. The van der Waals surface area contributed by atoms with E-state index in [1.54, 1.807) is 17.4 Å². The maximum atomic E-state index is 13.3. The van der Waals surface area contributed by atoms with Crippen molar-refractivity contribution in [3.63, 3.8) is 0 Å². The van der Waals surface area contributed by atoms with E-state index < -0.39 is 0 Å². The van der Waals surface area contributed by atoms with Crippen LogP contribution in [0.1, 0.15) is 44.0 Å². The van der Waals surface area contributed by atoms with Crippen LogP contribution < -0.4 is 5.32 Å². The molecule has 1 atom stereocenters. The third-order valence-corrected chi connectivity index (χ3v) is 4.57. The zero-order chi connectivity index (χ0) is 14.5. The van der Waals surface area contributed by atoms with Gasteiger partial charge in [-0.25, -0.2) is 4.39 Å². The van der Waals surface area contributed by atoms with E-state index in [1.165, 1.54) is 16.5 Å². The number of benzene rings is 1. The minimum atomic E-state index is -0.165. The number of thiophene rings is 1. The zero-order valence-electron chi connectivity index (χ0n) is 12.2. The molecule has 0 bridgehead atoms. The third kappa shape index (κ3) is 3.90. The van der Waals surface area contributed by atoms with Crippen LogP contribution in [-0.2, 0) is 0 Å². The van der Waals surface area contributed by atoms with Crippen LogP contribution in [0.2, 0.25) is 0 Å². The van der Waals surface area contributed by atoms with Crippen molar-refractivity contribution in [2.24, 2.45) is 0 Å². The molecule has 0 fully saturated rings. The van der Waals surface area contributed by atoms with E-state index in [1.807, 2.05) is 6.07 Å². The first-order valence-electron chi connectivity index (χ1n) is 7.17. The van der Waals surface area contributed by atoms with E-state index >= 15 is 0 Å². The Hall–Kier alpha value is -1.19. The topological polar surface area (TPSA) is 12.0 Å². The van der Waals surface area contributed by atoms with Gasteiger partial charge in [0.15, 0.2) is 0 Å². The summed E-state index contributed by atoms with van der Waals surface area (Å²) in [6.45, 7) is 9.22. The number of fused-ring (bicyclic) bond motifs is 1. The smallest absolute Gasteiger partial charge is 0.123 e. The summed E-state index contributed by atoms with van der Waals surface area (Å²) in [7, 11) is 0. The number of halogens is 1. The fourth-order valence-corrected chi connectivity index (χ4v) is 3.42. The Morgan fingerprint density at radius 3 is 2.90 bits per heavy atom. The lowest BCUT2D eigenvalue weighted by atomic mass is 10.1. The fourth-order valence-electron chi connectivity index (χ4n) is 2.26. The van der Waals surface area contributed by atoms with Crippen molar-refractivity contribution in [2.45, 2.75) is 39.2 Å². The molecule has 0 aliphatic heterocycles. The average Bonchev–Trinajstić information content (AvgIpc) is 2.81. The monoisotopic (exact) mass is 291 g/mol. The van der Waals surface area contributed by atoms with E-state index in [9.17, 15) is 4.39 Å². The Labute approximate surface area is 124 Å². The van der Waals surface area contributed by atoms with Crippen LogP contribution in [0.15, 0.2) is 36.4 Å². The second-order valence-electron chi connectivity index (χ2n) is 5.33. The maximum Gasteiger partial charge on any atom is 0.123 e. The molecule has 1 aromatic heterocycles. The Morgan fingerprint density at radius 2 is 2.20 bits per heavy atom. The highest BCUT2D eigenvalue weighted by Crippen LogP contribution is 2.32. The summed E-state index contributed by atoms with van der Waals surface area (Å²) in [6, 6.07) is 7.48. The predicted molar refractivity (Wildman–Crippen MR) is 86.9 cm³/mol. The summed E-state index contributed by atoms with van der Waals surface area (Å²) in [5.41, 5.74) is 1.21. The van der Waals surface area contributed by atoms with Gasteiger partial charge >= 0.3 is 0 Å². The summed E-state index contributed by atoms with van der Waals surface area (Å²) >= 11 is 1.76. The summed E-state index contributed by atoms with van der Waals surface area (Å²) < 4.78 is 14.4. The van der Waals surface area contributed by atoms with E-state index in [0.29, 0.717) is 6.04 Å². The second kappa shape index (κ2) is 7.00. The molecule has 1 unspecified atom stereocenters. The first kappa shape index (κ1) is 15.2. The Kier molecular flexibility index (Phi) is 5.32. The van der Waals surface area contributed by atoms with E-state index in [0.717, 1.165) is 35.9 Å². The highest BCUT2D eigenvalue weighted by molar-refractivity contribution is 7.19. The lowest BCUT2D eigenvalue weighted by Gasteiger charge is -2.17. The largest absolute Gasteiger partial charge is 0.309 e. The molecule has 0 spiro atoms. The first-order chi connectivity index (χ1) is 9.60. The number of allylic oxidation sites excluding steroid dienone is 1. The molecule has 1 N–H and O–H groups in total. The van der Waals surface area contributed by atoms with E-state index in [-0.39, 0.29) is 5.82 Å². The van der Waals surface area contributed by atoms with E-state index in [4.69, 9.17) is 0 Å². The Morgan fingerprint density at radius 1 is 1.40 bits per heavy atom. The number of rotatable bonds is 7. The predicted octanol–water partition coefficient (Wildman–Crippen LogP) is 5.44. The van der Waals surface area contributed by atoms with Gasteiger partial charge in [0.25, 0.3) is 0 Å².